The molecule has 8 aromatic carbocycles. The maximum absolute atomic E-state index is 13.6. The van der Waals surface area contributed by atoms with Crippen LogP contribution in [0.1, 0.15) is 13.8 Å². The lowest BCUT2D eigenvalue weighted by Crippen LogP contribution is -2.33. The zero-order valence-electron chi connectivity index (χ0n) is 32.0. The Morgan fingerprint density at radius 1 is 0.351 bits per heavy atom. The average molecular weight is 775 g/mol. The first-order chi connectivity index (χ1) is 27.9. The Hall–Kier alpha value is -6.03. The Labute approximate surface area is 341 Å². The Morgan fingerprint density at radius 2 is 0.561 bits per heavy atom. The van der Waals surface area contributed by atoms with Gasteiger partial charge in [0, 0.05) is 22.3 Å². The fraction of sp³-hybridized carbons (Fsp3) is 0.0769. The standard InChI is InChI=1S/C52H43N2OPS/c1-37-38(2)54(52-49(43-29-17-7-18-30-43)35-46(40-23-11-4-12-24-40)36-50(52)44-31-19-8-20-32-44)56(55,57)53(37)51-47(41-25-13-5-14-26-41)33-45(39-21-9-3-10-22-39)34-48(51)42-27-15-6-16-28-42/h3-38H,1-2H3,(H,55,57)/t37-,38-/m1/s1. The quantitative estimate of drug-likeness (QED) is 0.156. The van der Waals surface area contributed by atoms with Gasteiger partial charge in [0.25, 0.3) is 6.57 Å². The molecular formula is C52H43N2OPS. The van der Waals surface area contributed by atoms with E-state index in [0.717, 1.165) is 78.1 Å². The fourth-order valence-electron chi connectivity index (χ4n) is 8.36. The van der Waals surface area contributed by atoms with Crippen molar-refractivity contribution in [3.8, 4) is 66.8 Å². The third kappa shape index (κ3) is 6.81. The van der Waals surface area contributed by atoms with E-state index in [-0.39, 0.29) is 12.1 Å². The zero-order valence-corrected chi connectivity index (χ0v) is 33.7. The normalized spacial score (nSPS) is 16.1. The summed E-state index contributed by atoms with van der Waals surface area (Å²) in [6, 6.07) is 72.0. The third-order valence-corrected chi connectivity index (χ3v) is 14.6. The largest absolute Gasteiger partial charge is 0.334 e. The van der Waals surface area contributed by atoms with E-state index < -0.39 is 6.57 Å². The second-order valence-corrected chi connectivity index (χ2v) is 18.1. The highest BCUT2D eigenvalue weighted by Gasteiger charge is 2.50. The minimum absolute atomic E-state index is 0.158. The first-order valence-corrected chi connectivity index (χ1v) is 22.2. The number of anilines is 2. The predicted octanol–water partition coefficient (Wildman–Crippen LogP) is 14.0. The van der Waals surface area contributed by atoms with Crippen LogP contribution in [-0.4, -0.2) is 17.0 Å². The van der Waals surface area contributed by atoms with E-state index in [1.165, 1.54) is 0 Å². The molecule has 1 N–H and O–H groups in total. The molecule has 1 saturated heterocycles. The topological polar surface area (TPSA) is 26.7 Å². The van der Waals surface area contributed by atoms with Crippen molar-refractivity contribution < 1.29 is 4.89 Å². The van der Waals surface area contributed by atoms with Crippen molar-refractivity contribution in [3.05, 3.63) is 206 Å². The first kappa shape index (κ1) is 36.6. The summed E-state index contributed by atoms with van der Waals surface area (Å²) in [6.45, 7) is 0.860. The number of benzene rings is 8. The molecule has 1 fully saturated rings. The lowest BCUT2D eigenvalue weighted by molar-refractivity contribution is 0.619. The van der Waals surface area contributed by atoms with Gasteiger partial charge in [-0.3, -0.25) is 0 Å². The van der Waals surface area contributed by atoms with Gasteiger partial charge in [-0.05, 0) is 94.4 Å². The lowest BCUT2D eigenvalue weighted by Gasteiger charge is -2.37. The molecule has 0 aromatic heterocycles. The molecule has 5 heteroatoms. The zero-order chi connectivity index (χ0) is 38.9. The third-order valence-electron chi connectivity index (χ3n) is 11.3. The molecule has 3 nitrogen and oxygen atoms in total. The van der Waals surface area contributed by atoms with Gasteiger partial charge in [0.1, 0.15) is 0 Å². The number of hydrogen-bond donors (Lipinski definition) is 1. The lowest BCUT2D eigenvalue weighted by atomic mass is 9.90. The van der Waals surface area contributed by atoms with Crippen molar-refractivity contribution in [2.45, 2.75) is 25.9 Å². The van der Waals surface area contributed by atoms with E-state index in [9.17, 15) is 4.89 Å². The van der Waals surface area contributed by atoms with Gasteiger partial charge in [-0.2, -0.15) is 0 Å². The molecule has 0 unspecified atom stereocenters. The summed E-state index contributed by atoms with van der Waals surface area (Å²) in [7, 11) is 0. The van der Waals surface area contributed by atoms with Crippen LogP contribution >= 0.6 is 6.57 Å². The molecule has 0 aliphatic carbocycles. The maximum atomic E-state index is 13.6. The smallest absolute Gasteiger partial charge is 0.252 e. The molecule has 278 valence electrons. The molecule has 1 aliphatic rings. The van der Waals surface area contributed by atoms with Gasteiger partial charge >= 0.3 is 0 Å². The van der Waals surface area contributed by atoms with Crippen LogP contribution in [0.25, 0.3) is 66.8 Å². The van der Waals surface area contributed by atoms with E-state index in [1.807, 2.05) is 0 Å². The van der Waals surface area contributed by atoms with Crippen molar-refractivity contribution in [1.29, 1.82) is 0 Å². The van der Waals surface area contributed by atoms with Gasteiger partial charge in [0.05, 0.1) is 23.5 Å². The molecule has 57 heavy (non-hydrogen) atoms. The fourth-order valence-corrected chi connectivity index (χ4v) is 12.2. The number of hydrogen-bond acceptors (Lipinski definition) is 1. The summed E-state index contributed by atoms with van der Waals surface area (Å²) in [5.41, 5.74) is 14.8. The molecule has 0 saturated carbocycles. The Kier molecular flexibility index (Phi) is 9.94. The molecule has 2 atom stereocenters. The second kappa shape index (κ2) is 15.5. The van der Waals surface area contributed by atoms with Gasteiger partial charge < -0.3 is 14.2 Å². The van der Waals surface area contributed by atoms with Crippen molar-refractivity contribution in [3.63, 3.8) is 0 Å². The number of rotatable bonds is 8. The van der Waals surface area contributed by atoms with Crippen molar-refractivity contribution in [2.24, 2.45) is 0 Å². The van der Waals surface area contributed by atoms with Gasteiger partial charge in [0.15, 0.2) is 0 Å². The summed E-state index contributed by atoms with van der Waals surface area (Å²) in [5, 5.41) is 0. The maximum Gasteiger partial charge on any atom is 0.252 e. The first-order valence-electron chi connectivity index (χ1n) is 19.5. The van der Waals surface area contributed by atoms with E-state index in [4.69, 9.17) is 11.8 Å². The monoisotopic (exact) mass is 774 g/mol. The highest BCUT2D eigenvalue weighted by atomic mass is 32.5. The molecule has 9 rings (SSSR count). The highest BCUT2D eigenvalue weighted by molar-refractivity contribution is 8.13. The Bertz CT molecular complexity index is 2390. The predicted molar refractivity (Wildman–Crippen MR) is 246 cm³/mol. The van der Waals surface area contributed by atoms with E-state index >= 15 is 0 Å². The molecule has 0 radical (unpaired) electrons. The summed E-state index contributed by atoms with van der Waals surface area (Å²) < 4.78 is 4.42. The summed E-state index contributed by atoms with van der Waals surface area (Å²) in [4.78, 5) is 13.6. The van der Waals surface area contributed by atoms with Crippen LogP contribution in [0.5, 0.6) is 0 Å². The second-order valence-electron chi connectivity index (χ2n) is 14.7. The highest BCUT2D eigenvalue weighted by Crippen LogP contribution is 2.66. The van der Waals surface area contributed by atoms with Crippen LogP contribution in [0.2, 0.25) is 0 Å². The molecule has 8 aromatic rings. The van der Waals surface area contributed by atoms with Crippen LogP contribution < -0.4 is 9.34 Å². The van der Waals surface area contributed by atoms with E-state index in [1.54, 1.807) is 0 Å². The molecule has 1 aliphatic heterocycles. The molecule has 0 bridgehead atoms. The number of nitrogens with zero attached hydrogens (tertiary/aromatic N) is 2. The average Bonchev–Trinajstić information content (AvgIpc) is 3.45. The minimum atomic E-state index is -3.58. The van der Waals surface area contributed by atoms with Crippen LogP contribution in [-0.2, 0) is 11.8 Å². The van der Waals surface area contributed by atoms with Gasteiger partial charge in [-0.1, -0.05) is 182 Å². The molecule has 0 amide bonds. The Balaban J connectivity index is 1.34. The van der Waals surface area contributed by atoms with E-state index in [0.29, 0.717) is 0 Å². The summed E-state index contributed by atoms with van der Waals surface area (Å²) >= 11 is 6.78. The van der Waals surface area contributed by atoms with Crippen molar-refractivity contribution >= 4 is 29.7 Å². The van der Waals surface area contributed by atoms with Crippen LogP contribution in [0.4, 0.5) is 11.4 Å². The molecule has 1 heterocycles. The molecule has 0 spiro atoms. The minimum Gasteiger partial charge on any atom is -0.334 e. The summed E-state index contributed by atoms with van der Waals surface area (Å²) in [6.07, 6.45) is 0. The SMILES string of the molecule is C[C@@H]1[C@@H](C)N(c2c(-c3ccccc3)cc(-c3ccccc3)cc2-c2ccccc2)P(O)(=S)N1c1c(-c2ccccc2)cc(-c2ccccc2)cc1-c1ccccc1. The van der Waals surface area contributed by atoms with Gasteiger partial charge in [0.2, 0.25) is 0 Å². The van der Waals surface area contributed by atoms with E-state index in [2.05, 4.69) is 229 Å². The van der Waals surface area contributed by atoms with Gasteiger partial charge in [-0.15, -0.1) is 0 Å². The van der Waals surface area contributed by atoms with Crippen molar-refractivity contribution in [1.82, 2.24) is 0 Å². The van der Waals surface area contributed by atoms with Crippen LogP contribution in [0.15, 0.2) is 206 Å². The Morgan fingerprint density at radius 3 is 0.789 bits per heavy atom. The van der Waals surface area contributed by atoms with Crippen LogP contribution in [0.3, 0.4) is 0 Å². The summed E-state index contributed by atoms with van der Waals surface area (Å²) in [5.74, 6) is 0. The van der Waals surface area contributed by atoms with Crippen molar-refractivity contribution in [2.75, 3.05) is 9.34 Å². The van der Waals surface area contributed by atoms with Gasteiger partial charge in [-0.25, -0.2) is 0 Å². The van der Waals surface area contributed by atoms with Crippen LogP contribution in [0, 0.1) is 0 Å². The molecular weight excluding hydrogens is 732 g/mol.